The quantitative estimate of drug-likeness (QED) is 0.224. The first-order valence-corrected chi connectivity index (χ1v) is 12.7. The Bertz CT molecular complexity index is 911. The van der Waals surface area contributed by atoms with Crippen LogP contribution in [0, 0.1) is 0 Å². The number of benzene rings is 2. The second kappa shape index (κ2) is 17.8. The Labute approximate surface area is 206 Å². The fourth-order valence-electron chi connectivity index (χ4n) is 2.62. The van der Waals surface area contributed by atoms with Gasteiger partial charge in [-0.15, -0.1) is 0 Å². The van der Waals surface area contributed by atoms with Gasteiger partial charge in [0.25, 0.3) is 10.1 Å². The predicted molar refractivity (Wildman–Crippen MR) is 127 cm³/mol. The molecule has 0 atom stereocenters. The fourth-order valence-corrected chi connectivity index (χ4v) is 3.53. The maximum absolute atomic E-state index is 11.9. The summed E-state index contributed by atoms with van der Waals surface area (Å²) in [6.07, 6.45) is -0.487. The van der Waals surface area contributed by atoms with E-state index in [4.69, 9.17) is 27.9 Å². The van der Waals surface area contributed by atoms with Crippen molar-refractivity contribution >= 4 is 16.2 Å². The van der Waals surface area contributed by atoms with Gasteiger partial charge in [-0.1, -0.05) is 48.5 Å². The number of rotatable bonds is 19. The Morgan fingerprint density at radius 2 is 1.14 bits per heavy atom. The van der Waals surface area contributed by atoms with Crippen LogP contribution in [-0.4, -0.2) is 80.5 Å². The van der Waals surface area contributed by atoms with Crippen LogP contribution in [0.25, 0.3) is 0 Å². The van der Waals surface area contributed by atoms with Crippen molar-refractivity contribution in [3.63, 3.8) is 0 Å². The molecule has 194 valence electrons. The van der Waals surface area contributed by atoms with Crippen molar-refractivity contribution in [2.75, 3.05) is 66.0 Å². The summed E-state index contributed by atoms with van der Waals surface area (Å²) in [7, 11) is -3.76. The molecule has 0 aromatic heterocycles. The third-order valence-corrected chi connectivity index (χ3v) is 5.67. The molecule has 1 amide bonds. The van der Waals surface area contributed by atoms with E-state index in [1.165, 1.54) is 12.1 Å². The molecule has 0 saturated carbocycles. The number of alkyl carbamates (subject to hydrolysis) is 1. The topological polar surface area (TPSA) is 119 Å². The van der Waals surface area contributed by atoms with Crippen molar-refractivity contribution in [2.45, 2.75) is 11.5 Å². The third-order valence-electron chi connectivity index (χ3n) is 4.34. The summed E-state index contributed by atoms with van der Waals surface area (Å²) in [5.74, 6) is 0. The van der Waals surface area contributed by atoms with Gasteiger partial charge in [-0.2, -0.15) is 8.42 Å². The molecule has 11 heteroatoms. The third kappa shape index (κ3) is 13.8. The van der Waals surface area contributed by atoms with Crippen molar-refractivity contribution in [2.24, 2.45) is 0 Å². The van der Waals surface area contributed by atoms with Gasteiger partial charge in [-0.3, -0.25) is 4.18 Å². The van der Waals surface area contributed by atoms with Gasteiger partial charge in [0.15, 0.2) is 0 Å². The van der Waals surface area contributed by atoms with Crippen molar-refractivity contribution in [1.82, 2.24) is 5.32 Å². The SMILES string of the molecule is O=C(NCCOCCOCCOCCOCCOS(=O)(=O)c1ccccc1)OCc1ccccc1. The van der Waals surface area contributed by atoms with Gasteiger partial charge in [0.2, 0.25) is 0 Å². The van der Waals surface area contributed by atoms with E-state index in [0.29, 0.717) is 52.8 Å². The lowest BCUT2D eigenvalue weighted by Crippen LogP contribution is -2.28. The van der Waals surface area contributed by atoms with E-state index in [1.54, 1.807) is 18.2 Å². The minimum absolute atomic E-state index is 0.0648. The van der Waals surface area contributed by atoms with Gasteiger partial charge in [0.05, 0.1) is 64.4 Å². The highest BCUT2D eigenvalue weighted by Crippen LogP contribution is 2.10. The second-order valence-electron chi connectivity index (χ2n) is 7.03. The number of carbonyl (C=O) groups excluding carboxylic acids is 1. The molecule has 0 saturated heterocycles. The molecule has 0 radical (unpaired) electrons. The molecule has 1 N–H and O–H groups in total. The molecule has 0 aliphatic heterocycles. The number of hydrogen-bond acceptors (Lipinski definition) is 9. The van der Waals surface area contributed by atoms with Crippen molar-refractivity contribution in [1.29, 1.82) is 0 Å². The van der Waals surface area contributed by atoms with Crippen LogP contribution in [0.3, 0.4) is 0 Å². The van der Waals surface area contributed by atoms with E-state index in [2.05, 4.69) is 5.32 Å². The average molecular weight is 512 g/mol. The van der Waals surface area contributed by atoms with Gasteiger partial charge in [0, 0.05) is 6.54 Å². The van der Waals surface area contributed by atoms with Crippen LogP contribution in [0.5, 0.6) is 0 Å². The predicted octanol–water partition coefficient (Wildman–Crippen LogP) is 2.38. The van der Waals surface area contributed by atoms with Crippen LogP contribution in [0.4, 0.5) is 4.79 Å². The molecule has 2 aromatic rings. The summed E-state index contributed by atoms with van der Waals surface area (Å²) in [6, 6.07) is 17.4. The van der Waals surface area contributed by atoms with E-state index in [1.807, 2.05) is 30.3 Å². The first-order valence-electron chi connectivity index (χ1n) is 11.3. The van der Waals surface area contributed by atoms with Gasteiger partial charge in [-0.25, -0.2) is 4.79 Å². The van der Waals surface area contributed by atoms with Crippen molar-refractivity contribution in [3.05, 3.63) is 66.2 Å². The fraction of sp³-hybridized carbons (Fsp3) is 0.458. The lowest BCUT2D eigenvalue weighted by atomic mass is 10.2. The maximum Gasteiger partial charge on any atom is 0.407 e. The highest BCUT2D eigenvalue weighted by atomic mass is 32.2. The molecule has 0 aliphatic rings. The number of carbonyl (C=O) groups is 1. The average Bonchev–Trinajstić information content (AvgIpc) is 2.88. The zero-order valence-electron chi connectivity index (χ0n) is 19.6. The van der Waals surface area contributed by atoms with Crippen LogP contribution in [0.2, 0.25) is 0 Å². The zero-order valence-corrected chi connectivity index (χ0v) is 20.5. The minimum atomic E-state index is -3.76. The van der Waals surface area contributed by atoms with Crippen LogP contribution >= 0.6 is 0 Å². The molecular weight excluding hydrogens is 478 g/mol. The Kier molecular flexibility index (Phi) is 14.6. The molecule has 0 fully saturated rings. The molecule has 0 spiro atoms. The Balaban J connectivity index is 1.30. The van der Waals surface area contributed by atoms with Gasteiger partial charge in [0.1, 0.15) is 6.61 Å². The number of amides is 1. The van der Waals surface area contributed by atoms with Crippen molar-refractivity contribution in [3.8, 4) is 0 Å². The standard InChI is InChI=1S/C24H33NO9S/c26-24(33-21-22-7-3-1-4-8-22)25-11-12-29-13-14-30-15-16-31-17-18-32-19-20-34-35(27,28)23-9-5-2-6-10-23/h1-10H,11-21H2,(H,25,26). The van der Waals surface area contributed by atoms with Crippen LogP contribution in [0.1, 0.15) is 5.56 Å². The molecule has 0 heterocycles. The molecule has 2 aromatic carbocycles. The largest absolute Gasteiger partial charge is 0.445 e. The number of nitrogens with one attached hydrogen (secondary N) is 1. The van der Waals surface area contributed by atoms with Crippen LogP contribution in [0.15, 0.2) is 65.6 Å². The smallest absolute Gasteiger partial charge is 0.407 e. The van der Waals surface area contributed by atoms with Crippen LogP contribution in [-0.2, 0) is 44.6 Å². The summed E-state index contributed by atoms with van der Waals surface area (Å²) in [5, 5.41) is 2.61. The Morgan fingerprint density at radius 1 is 0.657 bits per heavy atom. The van der Waals surface area contributed by atoms with E-state index in [-0.39, 0.29) is 24.7 Å². The summed E-state index contributed by atoms with van der Waals surface area (Å²) in [6.45, 7) is 3.30. The molecule has 2 rings (SSSR count). The molecular formula is C24H33NO9S. The minimum Gasteiger partial charge on any atom is -0.445 e. The molecule has 0 unspecified atom stereocenters. The summed E-state index contributed by atoms with van der Waals surface area (Å²) >= 11 is 0. The van der Waals surface area contributed by atoms with E-state index in [0.717, 1.165) is 5.56 Å². The lowest BCUT2D eigenvalue weighted by Gasteiger charge is -2.09. The van der Waals surface area contributed by atoms with Gasteiger partial charge in [-0.05, 0) is 17.7 Å². The maximum atomic E-state index is 11.9. The van der Waals surface area contributed by atoms with E-state index >= 15 is 0 Å². The summed E-state index contributed by atoms with van der Waals surface area (Å²) < 4.78 is 55.2. The number of hydrogen-bond donors (Lipinski definition) is 1. The first-order chi connectivity index (χ1) is 17.1. The second-order valence-corrected chi connectivity index (χ2v) is 8.64. The summed E-state index contributed by atoms with van der Waals surface area (Å²) in [5.41, 5.74) is 0.925. The monoisotopic (exact) mass is 511 g/mol. The molecule has 35 heavy (non-hydrogen) atoms. The summed E-state index contributed by atoms with van der Waals surface area (Å²) in [4.78, 5) is 11.7. The normalized spacial score (nSPS) is 11.3. The Morgan fingerprint density at radius 3 is 1.71 bits per heavy atom. The molecule has 0 bridgehead atoms. The van der Waals surface area contributed by atoms with Gasteiger partial charge >= 0.3 is 6.09 Å². The highest BCUT2D eigenvalue weighted by molar-refractivity contribution is 7.86. The molecule has 10 nitrogen and oxygen atoms in total. The zero-order chi connectivity index (χ0) is 25.0. The van der Waals surface area contributed by atoms with E-state index < -0.39 is 16.2 Å². The first kappa shape index (κ1) is 28.7. The lowest BCUT2D eigenvalue weighted by molar-refractivity contribution is -0.00409. The Hall–Kier alpha value is -2.54. The highest BCUT2D eigenvalue weighted by Gasteiger charge is 2.13. The van der Waals surface area contributed by atoms with E-state index in [9.17, 15) is 13.2 Å². The van der Waals surface area contributed by atoms with Crippen molar-refractivity contribution < 1.29 is 41.1 Å². The van der Waals surface area contributed by atoms with Crippen LogP contribution < -0.4 is 5.32 Å². The van der Waals surface area contributed by atoms with Gasteiger partial charge < -0.3 is 29.0 Å². The molecule has 0 aliphatic carbocycles. The number of ether oxygens (including phenoxy) is 5.